The van der Waals surface area contributed by atoms with Gasteiger partial charge in [-0.05, 0) is 17.7 Å². The number of benzene rings is 1. The maximum atomic E-state index is 11.2. The Kier molecular flexibility index (Phi) is 1.94. The van der Waals surface area contributed by atoms with Crippen molar-refractivity contribution in [2.75, 3.05) is 0 Å². The lowest BCUT2D eigenvalue weighted by Crippen LogP contribution is -2.08. The summed E-state index contributed by atoms with van der Waals surface area (Å²) < 4.78 is 6.40. The van der Waals surface area contributed by atoms with Crippen molar-refractivity contribution in [3.63, 3.8) is 0 Å². The molecule has 0 unspecified atom stereocenters. The zero-order valence-electron chi connectivity index (χ0n) is 8.15. The van der Waals surface area contributed by atoms with Crippen LogP contribution in [0, 0.1) is 11.3 Å². The van der Waals surface area contributed by atoms with Crippen molar-refractivity contribution in [3.8, 4) is 6.07 Å². The Morgan fingerprint density at radius 1 is 1.60 bits per heavy atom. The molecule has 0 aliphatic rings. The van der Waals surface area contributed by atoms with Crippen molar-refractivity contribution in [3.05, 3.63) is 40.9 Å². The fraction of sp³-hybridized carbons (Fsp3) is 0.0909. The highest BCUT2D eigenvalue weighted by atomic mass is 16.4. The molecular formula is C11H8N2O2. The number of nitrogens with zero attached hydrogens (tertiary/aromatic N) is 2. The Labute approximate surface area is 85.7 Å². The molecule has 0 spiro atoms. The zero-order chi connectivity index (χ0) is 11.0. The lowest BCUT2D eigenvalue weighted by atomic mass is 10.1. The normalized spacial score (nSPS) is 10.1. The van der Waals surface area contributed by atoms with Gasteiger partial charge in [0, 0.05) is 7.05 Å². The molecule has 1 aromatic heterocycles. The predicted octanol–water partition coefficient (Wildman–Crippen LogP) is 1.67. The average Bonchev–Trinajstić information content (AvgIpc) is 2.53. The number of hydrogen-bond acceptors (Lipinski definition) is 3. The molecular weight excluding hydrogens is 192 g/mol. The first-order chi connectivity index (χ1) is 7.13. The minimum Gasteiger partial charge on any atom is -0.408 e. The van der Waals surface area contributed by atoms with E-state index in [1.807, 2.05) is 6.07 Å². The van der Waals surface area contributed by atoms with Gasteiger partial charge in [-0.25, -0.2) is 4.79 Å². The summed E-state index contributed by atoms with van der Waals surface area (Å²) in [6.07, 6.45) is 0. The van der Waals surface area contributed by atoms with Crippen LogP contribution in [-0.4, -0.2) is 4.57 Å². The van der Waals surface area contributed by atoms with Crippen molar-refractivity contribution in [1.29, 1.82) is 5.26 Å². The Bertz CT molecular complexity index is 641. The van der Waals surface area contributed by atoms with Gasteiger partial charge in [-0.3, -0.25) is 4.57 Å². The number of aryl methyl sites for hydroxylation is 1. The van der Waals surface area contributed by atoms with E-state index in [9.17, 15) is 4.79 Å². The topological polar surface area (TPSA) is 58.9 Å². The number of aromatic nitrogens is 1. The van der Waals surface area contributed by atoms with E-state index in [1.165, 1.54) is 4.57 Å². The molecule has 0 fully saturated rings. The van der Waals surface area contributed by atoms with Gasteiger partial charge in [-0.1, -0.05) is 12.6 Å². The molecule has 0 aliphatic carbocycles. The SMILES string of the molecule is C=C(C#N)c1ccc2c(c1)oc(=O)n2C. The molecule has 0 amide bonds. The second-order valence-corrected chi connectivity index (χ2v) is 3.20. The standard InChI is InChI=1S/C11H8N2O2/c1-7(6-12)8-3-4-9-10(5-8)15-11(14)13(9)2/h3-5H,1H2,2H3. The fourth-order valence-electron chi connectivity index (χ4n) is 1.39. The van der Waals surface area contributed by atoms with Gasteiger partial charge < -0.3 is 4.42 Å². The first-order valence-corrected chi connectivity index (χ1v) is 4.32. The Hall–Kier alpha value is -2.28. The van der Waals surface area contributed by atoms with E-state index in [0.29, 0.717) is 22.2 Å². The van der Waals surface area contributed by atoms with Crippen molar-refractivity contribution >= 4 is 16.7 Å². The van der Waals surface area contributed by atoms with Gasteiger partial charge in [0.15, 0.2) is 5.58 Å². The van der Waals surface area contributed by atoms with Crippen LogP contribution >= 0.6 is 0 Å². The predicted molar refractivity (Wildman–Crippen MR) is 56.1 cm³/mol. The minimum atomic E-state index is -0.412. The molecule has 4 heteroatoms. The summed E-state index contributed by atoms with van der Waals surface area (Å²) in [5, 5.41) is 8.67. The van der Waals surface area contributed by atoms with Crippen molar-refractivity contribution in [2.24, 2.45) is 7.05 Å². The number of rotatable bonds is 1. The molecule has 1 aromatic carbocycles. The molecule has 74 valence electrons. The van der Waals surface area contributed by atoms with E-state index >= 15 is 0 Å². The van der Waals surface area contributed by atoms with Crippen LogP contribution in [0.3, 0.4) is 0 Å². The van der Waals surface area contributed by atoms with Gasteiger partial charge in [-0.15, -0.1) is 0 Å². The number of allylic oxidation sites excluding steroid dienone is 1. The largest absolute Gasteiger partial charge is 0.419 e. The van der Waals surface area contributed by atoms with E-state index in [0.717, 1.165) is 0 Å². The molecule has 0 atom stereocenters. The van der Waals surface area contributed by atoms with Crippen molar-refractivity contribution in [1.82, 2.24) is 4.57 Å². The molecule has 0 aliphatic heterocycles. The third-order valence-electron chi connectivity index (χ3n) is 2.28. The summed E-state index contributed by atoms with van der Waals surface area (Å²) in [7, 11) is 1.63. The summed E-state index contributed by atoms with van der Waals surface area (Å²) in [6, 6.07) is 7.06. The fourth-order valence-corrected chi connectivity index (χ4v) is 1.39. The van der Waals surface area contributed by atoms with E-state index < -0.39 is 5.76 Å². The molecule has 1 heterocycles. The maximum absolute atomic E-state index is 11.2. The second kappa shape index (κ2) is 3.14. The monoisotopic (exact) mass is 200 g/mol. The molecule has 0 N–H and O–H groups in total. The van der Waals surface area contributed by atoms with Gasteiger partial charge in [0.1, 0.15) is 0 Å². The quantitative estimate of drug-likeness (QED) is 0.658. The van der Waals surface area contributed by atoms with Crippen LogP contribution in [0.1, 0.15) is 5.56 Å². The number of nitriles is 1. The van der Waals surface area contributed by atoms with Crippen LogP contribution in [0.25, 0.3) is 16.7 Å². The summed E-state index contributed by atoms with van der Waals surface area (Å²) in [6.45, 7) is 3.59. The molecule has 0 saturated heterocycles. The van der Waals surface area contributed by atoms with E-state index in [4.69, 9.17) is 9.68 Å². The molecule has 2 aromatic rings. The number of hydrogen-bond donors (Lipinski definition) is 0. The summed E-state index contributed by atoms with van der Waals surface area (Å²) >= 11 is 0. The van der Waals surface area contributed by atoms with Gasteiger partial charge in [0.05, 0.1) is 17.2 Å². The van der Waals surface area contributed by atoms with Crippen LogP contribution < -0.4 is 5.76 Å². The van der Waals surface area contributed by atoms with Gasteiger partial charge in [0.2, 0.25) is 0 Å². The van der Waals surface area contributed by atoms with Crippen LogP contribution in [0.4, 0.5) is 0 Å². The third kappa shape index (κ3) is 1.34. The highest BCUT2D eigenvalue weighted by molar-refractivity contribution is 5.82. The van der Waals surface area contributed by atoms with E-state index in [-0.39, 0.29) is 0 Å². The van der Waals surface area contributed by atoms with Crippen molar-refractivity contribution < 1.29 is 4.42 Å². The summed E-state index contributed by atoms with van der Waals surface area (Å²) in [5.74, 6) is -0.412. The number of fused-ring (bicyclic) bond motifs is 1. The first kappa shape index (κ1) is 9.28. The molecule has 15 heavy (non-hydrogen) atoms. The smallest absolute Gasteiger partial charge is 0.408 e. The molecule has 0 bridgehead atoms. The van der Waals surface area contributed by atoms with Gasteiger partial charge in [0.25, 0.3) is 0 Å². The molecule has 2 rings (SSSR count). The maximum Gasteiger partial charge on any atom is 0.419 e. The van der Waals surface area contributed by atoms with Crippen molar-refractivity contribution in [2.45, 2.75) is 0 Å². The van der Waals surface area contributed by atoms with Gasteiger partial charge >= 0.3 is 5.76 Å². The van der Waals surface area contributed by atoms with Crippen LogP contribution in [0.15, 0.2) is 34.0 Å². The minimum absolute atomic E-state index is 0.350. The van der Waals surface area contributed by atoms with Crippen LogP contribution in [-0.2, 0) is 7.05 Å². The molecule has 0 radical (unpaired) electrons. The summed E-state index contributed by atoms with van der Waals surface area (Å²) in [5.41, 5.74) is 2.19. The van der Waals surface area contributed by atoms with E-state index in [2.05, 4.69) is 6.58 Å². The molecule has 4 nitrogen and oxygen atoms in total. The Balaban J connectivity index is 2.74. The van der Waals surface area contributed by atoms with Crippen LogP contribution in [0.5, 0.6) is 0 Å². The lowest BCUT2D eigenvalue weighted by molar-refractivity contribution is 0.528. The zero-order valence-corrected chi connectivity index (χ0v) is 8.15. The third-order valence-corrected chi connectivity index (χ3v) is 2.28. The average molecular weight is 200 g/mol. The van der Waals surface area contributed by atoms with Gasteiger partial charge in [-0.2, -0.15) is 5.26 Å². The lowest BCUT2D eigenvalue weighted by Gasteiger charge is -1.96. The molecule has 0 saturated carbocycles. The highest BCUT2D eigenvalue weighted by Gasteiger charge is 2.07. The van der Waals surface area contributed by atoms with Crippen LogP contribution in [0.2, 0.25) is 0 Å². The Morgan fingerprint density at radius 2 is 2.33 bits per heavy atom. The Morgan fingerprint density at radius 3 is 3.00 bits per heavy atom. The highest BCUT2D eigenvalue weighted by Crippen LogP contribution is 2.18. The number of oxazole rings is 1. The van der Waals surface area contributed by atoms with E-state index in [1.54, 1.807) is 25.2 Å². The summed E-state index contributed by atoms with van der Waals surface area (Å²) in [4.78, 5) is 11.2. The second-order valence-electron chi connectivity index (χ2n) is 3.20. The first-order valence-electron chi connectivity index (χ1n) is 4.32.